The lowest BCUT2D eigenvalue weighted by atomic mass is 9.75. The van der Waals surface area contributed by atoms with Gasteiger partial charge in [-0.15, -0.1) is 0 Å². The van der Waals surface area contributed by atoms with Crippen LogP contribution in [-0.4, -0.2) is 31.1 Å². The molecule has 1 fully saturated rings. The maximum atomic E-state index is 12.8. The van der Waals surface area contributed by atoms with Gasteiger partial charge in [-0.25, -0.2) is 8.42 Å². The van der Waals surface area contributed by atoms with Crippen LogP contribution in [-0.2, 0) is 14.8 Å². The van der Waals surface area contributed by atoms with Gasteiger partial charge in [0.05, 0.1) is 11.0 Å². The molecule has 0 aliphatic heterocycles. The molecule has 0 bridgehead atoms. The van der Waals surface area contributed by atoms with Crippen molar-refractivity contribution in [2.45, 2.75) is 57.1 Å². The number of hydrogen-bond donors (Lipinski definition) is 3. The van der Waals surface area contributed by atoms with Crippen LogP contribution < -0.4 is 10.5 Å². The average Bonchev–Trinajstić information content (AvgIpc) is 2.33. The van der Waals surface area contributed by atoms with E-state index in [0.29, 0.717) is 11.1 Å². The second kappa shape index (κ2) is 5.33. The number of carbonyl (C=O) groups is 1. The van der Waals surface area contributed by atoms with Crippen LogP contribution in [0.2, 0.25) is 0 Å². The second-order valence-electron chi connectivity index (χ2n) is 6.20. The van der Waals surface area contributed by atoms with Gasteiger partial charge in [0.2, 0.25) is 15.9 Å². The number of nitrogens with two attached hydrogens (primary N) is 1. The molecule has 1 aromatic carbocycles. The molecule has 0 aromatic heterocycles. The maximum Gasteiger partial charge on any atom is 0.242 e. The number of nitrogens with one attached hydrogen (secondary N) is 1. The molecule has 1 amide bonds. The summed E-state index contributed by atoms with van der Waals surface area (Å²) in [5.74, 6) is -0.763. The van der Waals surface area contributed by atoms with E-state index in [1.165, 1.54) is 0 Å². The summed E-state index contributed by atoms with van der Waals surface area (Å²) in [7, 11) is -3.92. The minimum absolute atomic E-state index is 0.00442. The van der Waals surface area contributed by atoms with E-state index in [1.54, 1.807) is 13.8 Å². The number of aliphatic hydroxyl groups is 1. The molecule has 0 heterocycles. The fourth-order valence-electron chi connectivity index (χ4n) is 2.97. The van der Waals surface area contributed by atoms with Crippen LogP contribution in [0.3, 0.4) is 0 Å². The summed E-state index contributed by atoms with van der Waals surface area (Å²) >= 11 is 0. The third-order valence-corrected chi connectivity index (χ3v) is 6.34. The first kappa shape index (κ1) is 16.9. The van der Waals surface area contributed by atoms with Crippen LogP contribution >= 0.6 is 0 Å². The monoisotopic (exact) mass is 326 g/mol. The molecule has 0 unspecified atom stereocenters. The summed E-state index contributed by atoms with van der Waals surface area (Å²) in [6, 6.07) is 1.93. The summed E-state index contributed by atoms with van der Waals surface area (Å²) in [4.78, 5) is 11.8. The summed E-state index contributed by atoms with van der Waals surface area (Å²) in [5.41, 5.74) is 6.97. The molecule has 0 spiro atoms. The number of aliphatic hydroxyl groups excluding tert-OH is 1. The third-order valence-electron chi connectivity index (χ3n) is 4.54. The smallest absolute Gasteiger partial charge is 0.242 e. The molecule has 7 heteroatoms. The molecule has 2 rings (SSSR count). The zero-order chi connectivity index (χ0) is 16.9. The van der Waals surface area contributed by atoms with Crippen LogP contribution in [0.15, 0.2) is 11.0 Å². The van der Waals surface area contributed by atoms with Gasteiger partial charge in [0.25, 0.3) is 0 Å². The molecule has 0 saturated heterocycles. The quantitative estimate of drug-likeness (QED) is 0.751. The van der Waals surface area contributed by atoms with E-state index in [4.69, 9.17) is 5.73 Å². The lowest BCUT2D eigenvalue weighted by Gasteiger charge is -2.42. The molecule has 0 radical (unpaired) electrons. The predicted octanol–water partition coefficient (Wildman–Crippen LogP) is 0.577. The van der Waals surface area contributed by atoms with Gasteiger partial charge in [-0.05, 0) is 49.9 Å². The Kier molecular flexibility index (Phi) is 4.10. The molecular weight excluding hydrogens is 304 g/mol. The lowest BCUT2D eigenvalue weighted by molar-refractivity contribution is -0.131. The molecule has 1 aliphatic carbocycles. The van der Waals surface area contributed by atoms with E-state index in [9.17, 15) is 18.3 Å². The fraction of sp³-hybridized carbons (Fsp3) is 0.533. The van der Waals surface area contributed by atoms with Gasteiger partial charge < -0.3 is 10.8 Å². The number of rotatable bonds is 4. The molecule has 4 N–H and O–H groups in total. The Morgan fingerprint density at radius 3 is 2.05 bits per heavy atom. The SMILES string of the molecule is Cc1cc(C)c(C)c(S(=O)(=O)NC2(C(N)=O)CC(O)C2)c1C. The van der Waals surface area contributed by atoms with E-state index in [2.05, 4.69) is 4.72 Å². The van der Waals surface area contributed by atoms with Gasteiger partial charge in [-0.2, -0.15) is 4.72 Å². The Labute approximate surface area is 130 Å². The van der Waals surface area contributed by atoms with E-state index >= 15 is 0 Å². The second-order valence-corrected chi connectivity index (χ2v) is 7.82. The zero-order valence-corrected chi connectivity index (χ0v) is 14.0. The molecule has 122 valence electrons. The van der Waals surface area contributed by atoms with Crippen molar-refractivity contribution in [3.8, 4) is 0 Å². The number of aryl methyl sites for hydroxylation is 2. The van der Waals surface area contributed by atoms with Crippen LogP contribution in [0.5, 0.6) is 0 Å². The van der Waals surface area contributed by atoms with E-state index in [1.807, 2.05) is 19.9 Å². The third kappa shape index (κ3) is 2.64. The molecule has 22 heavy (non-hydrogen) atoms. The maximum absolute atomic E-state index is 12.8. The standard InChI is InChI=1S/C15H22N2O4S/c1-8-5-9(2)11(4)13(10(8)3)22(20,21)17-15(14(16)19)6-12(18)7-15/h5,12,17-18H,6-7H2,1-4H3,(H2,16,19). The number of carbonyl (C=O) groups excluding carboxylic acids is 1. The molecular formula is C15H22N2O4S. The van der Waals surface area contributed by atoms with E-state index < -0.39 is 27.6 Å². The van der Waals surface area contributed by atoms with Crippen LogP contribution in [0.1, 0.15) is 35.1 Å². The molecule has 1 saturated carbocycles. The first-order valence-electron chi connectivity index (χ1n) is 7.09. The fourth-order valence-corrected chi connectivity index (χ4v) is 4.98. The highest BCUT2D eigenvalue weighted by molar-refractivity contribution is 7.89. The molecule has 0 atom stereocenters. The van der Waals surface area contributed by atoms with Crippen LogP contribution in [0.4, 0.5) is 0 Å². The highest BCUT2D eigenvalue weighted by atomic mass is 32.2. The zero-order valence-electron chi connectivity index (χ0n) is 13.2. The number of amides is 1. The van der Waals surface area contributed by atoms with Crippen molar-refractivity contribution < 1.29 is 18.3 Å². The summed E-state index contributed by atoms with van der Waals surface area (Å²) in [6.45, 7) is 7.17. The van der Waals surface area contributed by atoms with Crippen molar-refractivity contribution >= 4 is 15.9 Å². The van der Waals surface area contributed by atoms with Crippen molar-refractivity contribution in [3.63, 3.8) is 0 Å². The summed E-state index contributed by atoms with van der Waals surface area (Å²) < 4.78 is 28.0. The van der Waals surface area contributed by atoms with Gasteiger partial charge in [0.15, 0.2) is 0 Å². The van der Waals surface area contributed by atoms with Gasteiger partial charge in [0.1, 0.15) is 5.54 Å². The number of primary amides is 1. The summed E-state index contributed by atoms with van der Waals surface area (Å²) in [6.07, 6.45) is -0.703. The van der Waals surface area contributed by atoms with Crippen LogP contribution in [0, 0.1) is 27.7 Å². The minimum atomic E-state index is -3.92. The average molecular weight is 326 g/mol. The minimum Gasteiger partial charge on any atom is -0.393 e. The molecule has 1 aromatic rings. The van der Waals surface area contributed by atoms with Crippen molar-refractivity contribution in [2.24, 2.45) is 5.73 Å². The van der Waals surface area contributed by atoms with Gasteiger partial charge in [0, 0.05) is 12.8 Å². The normalized spacial score (nSPS) is 24.9. The Hall–Kier alpha value is -1.44. The summed E-state index contributed by atoms with van der Waals surface area (Å²) in [5, 5.41) is 9.45. The highest BCUT2D eigenvalue weighted by Gasteiger charge is 2.51. The van der Waals surface area contributed by atoms with Crippen LogP contribution in [0.25, 0.3) is 0 Å². The van der Waals surface area contributed by atoms with Crippen molar-refractivity contribution in [1.82, 2.24) is 4.72 Å². The van der Waals surface area contributed by atoms with E-state index in [0.717, 1.165) is 11.1 Å². The Balaban J connectivity index is 2.51. The first-order chi connectivity index (χ1) is 10.00. The van der Waals surface area contributed by atoms with Gasteiger partial charge in [-0.3, -0.25) is 4.79 Å². The lowest BCUT2D eigenvalue weighted by Crippen LogP contribution is -2.66. The Bertz CT molecular complexity index is 708. The van der Waals surface area contributed by atoms with Crippen molar-refractivity contribution in [3.05, 3.63) is 28.3 Å². The molecule has 6 nitrogen and oxygen atoms in total. The van der Waals surface area contributed by atoms with E-state index in [-0.39, 0.29) is 17.7 Å². The predicted molar refractivity (Wildman–Crippen MR) is 82.9 cm³/mol. The van der Waals surface area contributed by atoms with Crippen molar-refractivity contribution in [1.29, 1.82) is 0 Å². The molecule has 1 aliphatic rings. The highest BCUT2D eigenvalue weighted by Crippen LogP contribution is 2.35. The van der Waals surface area contributed by atoms with Gasteiger partial charge in [-0.1, -0.05) is 6.07 Å². The Morgan fingerprint density at radius 1 is 1.23 bits per heavy atom. The van der Waals surface area contributed by atoms with Crippen molar-refractivity contribution in [2.75, 3.05) is 0 Å². The topological polar surface area (TPSA) is 109 Å². The van der Waals surface area contributed by atoms with Gasteiger partial charge >= 0.3 is 0 Å². The number of benzene rings is 1. The Morgan fingerprint density at radius 2 is 1.68 bits per heavy atom. The number of hydrogen-bond acceptors (Lipinski definition) is 4. The number of sulfonamides is 1. The first-order valence-corrected chi connectivity index (χ1v) is 8.58. The largest absolute Gasteiger partial charge is 0.393 e.